The Labute approximate surface area is 87.0 Å². The van der Waals surface area contributed by atoms with Crippen LogP contribution in [-0.4, -0.2) is 12.6 Å². The minimum absolute atomic E-state index is 0.147. The van der Waals surface area contributed by atoms with Crippen LogP contribution in [0.15, 0.2) is 0 Å². The summed E-state index contributed by atoms with van der Waals surface area (Å²) in [6.45, 7) is 2.09. The number of esters is 1. The van der Waals surface area contributed by atoms with E-state index in [0.29, 0.717) is 6.61 Å². The molecule has 2 nitrogen and oxygen atoms in total. The predicted molar refractivity (Wildman–Crippen MR) is 57.1 cm³/mol. The average molecular weight is 198 g/mol. The van der Waals surface area contributed by atoms with E-state index in [0.717, 1.165) is 12.3 Å². The van der Waals surface area contributed by atoms with Gasteiger partial charge in [0.2, 0.25) is 0 Å². The number of hydrogen-bond donors (Lipinski definition) is 0. The van der Waals surface area contributed by atoms with Crippen LogP contribution in [0.2, 0.25) is 0 Å². The van der Waals surface area contributed by atoms with Gasteiger partial charge in [-0.15, -0.1) is 0 Å². The topological polar surface area (TPSA) is 26.3 Å². The zero-order valence-electron chi connectivity index (χ0n) is 9.26. The molecule has 0 atom stereocenters. The third-order valence-electron chi connectivity index (χ3n) is 3.04. The van der Waals surface area contributed by atoms with E-state index in [2.05, 4.69) is 0 Å². The highest BCUT2D eigenvalue weighted by Crippen LogP contribution is 2.26. The van der Waals surface area contributed by atoms with Crippen molar-refractivity contribution < 1.29 is 9.53 Å². The fraction of sp³-hybridized carbons (Fsp3) is 0.917. The van der Waals surface area contributed by atoms with Gasteiger partial charge in [0.25, 0.3) is 0 Å². The molecule has 2 heteroatoms. The lowest BCUT2D eigenvalue weighted by molar-refractivity contribution is -0.141. The zero-order valence-corrected chi connectivity index (χ0v) is 9.26. The summed E-state index contributed by atoms with van der Waals surface area (Å²) in [5, 5.41) is 0. The highest BCUT2D eigenvalue weighted by molar-refractivity contribution is 5.65. The van der Waals surface area contributed by atoms with Crippen molar-refractivity contribution in [2.75, 3.05) is 6.61 Å². The van der Waals surface area contributed by atoms with Crippen molar-refractivity contribution in [3.63, 3.8) is 0 Å². The molecule has 0 aromatic heterocycles. The highest BCUT2D eigenvalue weighted by Gasteiger charge is 2.11. The molecule has 1 aliphatic carbocycles. The Morgan fingerprint density at radius 2 is 1.86 bits per heavy atom. The Morgan fingerprint density at radius 1 is 1.21 bits per heavy atom. The maximum atomic E-state index is 10.5. The first kappa shape index (κ1) is 11.5. The fourth-order valence-corrected chi connectivity index (χ4v) is 2.24. The summed E-state index contributed by atoms with van der Waals surface area (Å²) in [6, 6.07) is 0. The SMILES string of the molecule is CC(=O)OCCCC1CCCCCC1. The lowest BCUT2D eigenvalue weighted by Gasteiger charge is -2.12. The summed E-state index contributed by atoms with van der Waals surface area (Å²) >= 11 is 0. The second-order valence-electron chi connectivity index (χ2n) is 4.34. The second kappa shape index (κ2) is 6.86. The Balaban J connectivity index is 2.01. The van der Waals surface area contributed by atoms with Gasteiger partial charge in [-0.3, -0.25) is 4.79 Å². The first-order chi connectivity index (χ1) is 6.79. The number of ether oxygens (including phenoxy) is 1. The molecule has 0 bridgehead atoms. The Kier molecular flexibility index (Phi) is 5.65. The Hall–Kier alpha value is -0.530. The molecule has 0 radical (unpaired) electrons. The van der Waals surface area contributed by atoms with E-state index in [1.165, 1.54) is 51.9 Å². The quantitative estimate of drug-likeness (QED) is 0.393. The van der Waals surface area contributed by atoms with Gasteiger partial charge in [0.1, 0.15) is 0 Å². The van der Waals surface area contributed by atoms with Gasteiger partial charge >= 0.3 is 5.97 Å². The van der Waals surface area contributed by atoms with Crippen LogP contribution in [0.3, 0.4) is 0 Å². The van der Waals surface area contributed by atoms with Gasteiger partial charge in [-0.25, -0.2) is 0 Å². The van der Waals surface area contributed by atoms with Gasteiger partial charge in [0, 0.05) is 6.92 Å². The smallest absolute Gasteiger partial charge is 0.302 e. The molecule has 0 aromatic rings. The summed E-state index contributed by atoms with van der Waals surface area (Å²) in [6.07, 6.45) is 10.7. The third kappa shape index (κ3) is 5.25. The molecule has 1 saturated carbocycles. The van der Waals surface area contributed by atoms with E-state index in [-0.39, 0.29) is 5.97 Å². The predicted octanol–water partition coefficient (Wildman–Crippen LogP) is 3.30. The molecule has 0 amide bonds. The van der Waals surface area contributed by atoms with Crippen LogP contribution in [0.1, 0.15) is 58.3 Å². The third-order valence-corrected chi connectivity index (χ3v) is 3.04. The maximum absolute atomic E-state index is 10.5. The number of carbonyl (C=O) groups excluding carboxylic acids is 1. The Morgan fingerprint density at radius 3 is 2.43 bits per heavy atom. The van der Waals surface area contributed by atoms with E-state index < -0.39 is 0 Å². The summed E-state index contributed by atoms with van der Waals surface area (Å²) in [7, 11) is 0. The van der Waals surface area contributed by atoms with Crippen molar-refractivity contribution in [2.45, 2.75) is 58.3 Å². The molecule has 0 saturated heterocycles. The van der Waals surface area contributed by atoms with Gasteiger partial charge < -0.3 is 4.74 Å². The van der Waals surface area contributed by atoms with Crippen LogP contribution in [0.4, 0.5) is 0 Å². The van der Waals surface area contributed by atoms with Crippen molar-refractivity contribution in [1.82, 2.24) is 0 Å². The molecule has 0 aromatic carbocycles. The van der Waals surface area contributed by atoms with Crippen molar-refractivity contribution >= 4 is 5.97 Å². The van der Waals surface area contributed by atoms with Crippen LogP contribution in [0.25, 0.3) is 0 Å². The lowest BCUT2D eigenvalue weighted by atomic mass is 9.95. The summed E-state index contributed by atoms with van der Waals surface area (Å²) < 4.78 is 4.93. The van der Waals surface area contributed by atoms with E-state index in [1.807, 2.05) is 0 Å². The molecule has 1 aliphatic rings. The minimum Gasteiger partial charge on any atom is -0.466 e. The van der Waals surface area contributed by atoms with Crippen LogP contribution >= 0.6 is 0 Å². The van der Waals surface area contributed by atoms with Crippen LogP contribution in [-0.2, 0) is 9.53 Å². The highest BCUT2D eigenvalue weighted by atomic mass is 16.5. The van der Waals surface area contributed by atoms with Crippen LogP contribution < -0.4 is 0 Å². The van der Waals surface area contributed by atoms with E-state index >= 15 is 0 Å². The average Bonchev–Trinajstić information content (AvgIpc) is 2.40. The van der Waals surface area contributed by atoms with Crippen molar-refractivity contribution in [2.24, 2.45) is 5.92 Å². The summed E-state index contributed by atoms with van der Waals surface area (Å²) in [4.78, 5) is 10.5. The second-order valence-corrected chi connectivity index (χ2v) is 4.34. The van der Waals surface area contributed by atoms with Crippen LogP contribution in [0, 0.1) is 5.92 Å². The fourth-order valence-electron chi connectivity index (χ4n) is 2.24. The van der Waals surface area contributed by atoms with E-state index in [4.69, 9.17) is 4.74 Å². The van der Waals surface area contributed by atoms with Gasteiger partial charge in [-0.2, -0.15) is 0 Å². The monoisotopic (exact) mass is 198 g/mol. The standard InChI is InChI=1S/C12H22O2/c1-11(13)14-10-6-9-12-7-4-2-3-5-8-12/h12H,2-10H2,1H3. The van der Waals surface area contributed by atoms with Crippen LogP contribution in [0.5, 0.6) is 0 Å². The number of rotatable bonds is 4. The normalized spacial score (nSPS) is 18.9. The number of hydrogen-bond acceptors (Lipinski definition) is 2. The first-order valence-electron chi connectivity index (χ1n) is 5.92. The lowest BCUT2D eigenvalue weighted by Crippen LogP contribution is -2.04. The van der Waals surface area contributed by atoms with Crippen molar-refractivity contribution in [3.8, 4) is 0 Å². The van der Waals surface area contributed by atoms with E-state index in [1.54, 1.807) is 0 Å². The summed E-state index contributed by atoms with van der Waals surface area (Å²) in [5.74, 6) is 0.749. The molecular weight excluding hydrogens is 176 g/mol. The Bertz CT molecular complexity index is 158. The molecule has 0 aliphatic heterocycles. The van der Waals surface area contributed by atoms with Gasteiger partial charge in [-0.05, 0) is 18.8 Å². The van der Waals surface area contributed by atoms with Crippen molar-refractivity contribution in [1.29, 1.82) is 0 Å². The largest absolute Gasteiger partial charge is 0.466 e. The summed E-state index contributed by atoms with van der Waals surface area (Å²) in [5.41, 5.74) is 0. The molecule has 14 heavy (non-hydrogen) atoms. The molecule has 1 fully saturated rings. The number of carbonyl (C=O) groups is 1. The van der Waals surface area contributed by atoms with E-state index in [9.17, 15) is 4.79 Å². The molecule has 0 spiro atoms. The first-order valence-corrected chi connectivity index (χ1v) is 5.92. The van der Waals surface area contributed by atoms with Gasteiger partial charge in [0.05, 0.1) is 6.61 Å². The molecule has 0 unspecified atom stereocenters. The maximum Gasteiger partial charge on any atom is 0.302 e. The molecule has 82 valence electrons. The molecule has 1 rings (SSSR count). The van der Waals surface area contributed by atoms with Gasteiger partial charge in [0.15, 0.2) is 0 Å². The molecule has 0 N–H and O–H groups in total. The van der Waals surface area contributed by atoms with Crippen molar-refractivity contribution in [3.05, 3.63) is 0 Å². The minimum atomic E-state index is -0.147. The molecular formula is C12H22O2. The molecule has 0 heterocycles. The van der Waals surface area contributed by atoms with Gasteiger partial charge in [-0.1, -0.05) is 38.5 Å². The zero-order chi connectivity index (χ0) is 10.2.